The van der Waals surface area contributed by atoms with Gasteiger partial charge in [-0.05, 0) is 12.8 Å². The number of amides is 1. The van der Waals surface area contributed by atoms with Crippen LogP contribution in [-0.2, 0) is 9.53 Å². The van der Waals surface area contributed by atoms with E-state index in [4.69, 9.17) is 10.5 Å². The first-order valence-corrected chi connectivity index (χ1v) is 5.97. The summed E-state index contributed by atoms with van der Waals surface area (Å²) in [6.45, 7) is 0.308. The van der Waals surface area contributed by atoms with Crippen molar-refractivity contribution in [2.45, 2.75) is 18.4 Å². The van der Waals surface area contributed by atoms with E-state index in [2.05, 4.69) is 0 Å². The molecule has 2 rings (SSSR count). The van der Waals surface area contributed by atoms with Crippen molar-refractivity contribution in [2.24, 2.45) is 5.73 Å². The summed E-state index contributed by atoms with van der Waals surface area (Å²) in [5.41, 5.74) is 2.86. The molecule has 1 fully saturated rings. The molecule has 0 saturated carbocycles. The molecule has 21 heavy (non-hydrogen) atoms. The molecule has 0 radical (unpaired) electrons. The van der Waals surface area contributed by atoms with Crippen LogP contribution in [0, 0.1) is 29.1 Å². The Morgan fingerprint density at radius 2 is 1.38 bits per heavy atom. The van der Waals surface area contributed by atoms with E-state index in [0.717, 1.165) is 0 Å². The van der Waals surface area contributed by atoms with Crippen LogP contribution in [0.15, 0.2) is 0 Å². The first-order chi connectivity index (χ1) is 9.78. The Morgan fingerprint density at radius 3 is 1.86 bits per heavy atom. The molecule has 116 valence electrons. The summed E-state index contributed by atoms with van der Waals surface area (Å²) in [6.07, 6.45) is 0.127. The minimum Gasteiger partial charge on any atom is -0.381 e. The zero-order valence-corrected chi connectivity index (χ0v) is 10.6. The van der Waals surface area contributed by atoms with Crippen molar-refractivity contribution < 1.29 is 31.5 Å². The molecule has 1 aliphatic heterocycles. The number of rotatable bonds is 2. The van der Waals surface area contributed by atoms with Crippen LogP contribution < -0.4 is 11.1 Å². The molecule has 1 heterocycles. The molecular weight excluding hydrogens is 299 g/mol. The number of carbonyl (C=O) groups is 1. The number of carbonyl (C=O) groups excluding carboxylic acids is 1. The normalized spacial score (nSPS) is 17.6. The van der Waals surface area contributed by atoms with Crippen molar-refractivity contribution in [3.63, 3.8) is 0 Å². The van der Waals surface area contributed by atoms with Gasteiger partial charge in [0.1, 0.15) is 11.2 Å². The average Bonchev–Trinajstić information content (AvgIpc) is 2.48. The van der Waals surface area contributed by atoms with Gasteiger partial charge in [-0.1, -0.05) is 0 Å². The third-order valence-corrected chi connectivity index (χ3v) is 3.29. The third-order valence-electron chi connectivity index (χ3n) is 3.29. The lowest BCUT2D eigenvalue weighted by Crippen LogP contribution is -2.54. The Morgan fingerprint density at radius 1 is 0.952 bits per heavy atom. The molecule has 9 heteroatoms. The highest BCUT2D eigenvalue weighted by Crippen LogP contribution is 2.28. The van der Waals surface area contributed by atoms with E-state index >= 15 is 0 Å². The number of nitrogens with one attached hydrogen (secondary N) is 1. The highest BCUT2D eigenvalue weighted by Gasteiger charge is 2.37. The van der Waals surface area contributed by atoms with Crippen molar-refractivity contribution in [1.29, 1.82) is 0 Å². The zero-order valence-electron chi connectivity index (χ0n) is 10.6. The van der Waals surface area contributed by atoms with E-state index in [1.165, 1.54) is 0 Å². The summed E-state index contributed by atoms with van der Waals surface area (Å²) in [5, 5.41) is 1.68. The Kier molecular flexibility index (Phi) is 4.15. The van der Waals surface area contributed by atoms with Gasteiger partial charge in [0.2, 0.25) is 11.7 Å². The van der Waals surface area contributed by atoms with Gasteiger partial charge in [0.05, 0.1) is 0 Å². The quantitative estimate of drug-likeness (QED) is 0.497. The van der Waals surface area contributed by atoms with Gasteiger partial charge in [-0.15, -0.1) is 0 Å². The lowest BCUT2D eigenvalue weighted by Gasteiger charge is -2.31. The minimum atomic E-state index is -2.29. The summed E-state index contributed by atoms with van der Waals surface area (Å²) in [5.74, 6) is -11.8. The van der Waals surface area contributed by atoms with Gasteiger partial charge in [0, 0.05) is 13.2 Å². The summed E-state index contributed by atoms with van der Waals surface area (Å²) < 4.78 is 70.8. The smallest absolute Gasteiger partial charge is 0.244 e. The molecule has 0 unspecified atom stereocenters. The summed E-state index contributed by atoms with van der Waals surface area (Å²) in [6, 6.07) is 0. The number of nitrogens with two attached hydrogens (primary N) is 1. The van der Waals surface area contributed by atoms with Gasteiger partial charge < -0.3 is 15.8 Å². The van der Waals surface area contributed by atoms with Crippen LogP contribution in [0.1, 0.15) is 12.8 Å². The maximum atomic E-state index is 13.5. The van der Waals surface area contributed by atoms with Gasteiger partial charge in [0.15, 0.2) is 23.3 Å². The van der Waals surface area contributed by atoms with Gasteiger partial charge in [-0.25, -0.2) is 22.0 Å². The fourth-order valence-corrected chi connectivity index (χ4v) is 1.92. The number of hydrogen-bond donors (Lipinski definition) is 2. The minimum absolute atomic E-state index is 0.0637. The van der Waals surface area contributed by atoms with Crippen LogP contribution in [-0.4, -0.2) is 24.7 Å². The Bertz CT molecular complexity index is 558. The third kappa shape index (κ3) is 2.70. The topological polar surface area (TPSA) is 64.4 Å². The van der Waals surface area contributed by atoms with Crippen LogP contribution in [0.3, 0.4) is 0 Å². The fourth-order valence-electron chi connectivity index (χ4n) is 1.92. The Labute approximate surface area is 116 Å². The number of anilines is 1. The first-order valence-electron chi connectivity index (χ1n) is 5.97. The summed E-state index contributed by atoms with van der Waals surface area (Å²) in [7, 11) is 0. The zero-order chi connectivity index (χ0) is 15.8. The van der Waals surface area contributed by atoms with E-state index in [0.29, 0.717) is 0 Å². The molecule has 1 amide bonds. The van der Waals surface area contributed by atoms with E-state index in [-0.39, 0.29) is 26.1 Å². The number of hydrogen-bond acceptors (Lipinski definition) is 3. The molecule has 0 aromatic heterocycles. The number of ether oxygens (including phenoxy) is 1. The molecule has 1 saturated heterocycles. The largest absolute Gasteiger partial charge is 0.381 e. The highest BCUT2D eigenvalue weighted by atomic mass is 19.2. The van der Waals surface area contributed by atoms with Gasteiger partial charge in [-0.3, -0.25) is 4.79 Å². The molecular formula is C12H11F5N2O2. The SMILES string of the molecule is NC1(C(=O)Nc2c(F)c(F)c(F)c(F)c2F)CCOCC1. The lowest BCUT2D eigenvalue weighted by molar-refractivity contribution is -0.124. The van der Waals surface area contributed by atoms with Crippen LogP contribution in [0.25, 0.3) is 0 Å². The van der Waals surface area contributed by atoms with Gasteiger partial charge in [-0.2, -0.15) is 0 Å². The van der Waals surface area contributed by atoms with Crippen LogP contribution >= 0.6 is 0 Å². The fraction of sp³-hybridized carbons (Fsp3) is 0.417. The van der Waals surface area contributed by atoms with Crippen molar-refractivity contribution in [1.82, 2.24) is 0 Å². The molecule has 0 aliphatic carbocycles. The molecule has 1 aliphatic rings. The van der Waals surface area contributed by atoms with E-state index < -0.39 is 46.2 Å². The standard InChI is InChI=1S/C12H11F5N2O2/c13-5-6(14)8(16)10(9(17)7(5)15)19-11(20)12(18)1-3-21-4-2-12/h1-4,18H2,(H,19,20). The summed E-state index contributed by atoms with van der Waals surface area (Å²) >= 11 is 0. The number of benzene rings is 1. The number of halogens is 5. The molecule has 0 spiro atoms. The monoisotopic (exact) mass is 310 g/mol. The highest BCUT2D eigenvalue weighted by molar-refractivity contribution is 5.98. The maximum Gasteiger partial charge on any atom is 0.244 e. The second-order valence-corrected chi connectivity index (χ2v) is 4.67. The molecule has 0 bridgehead atoms. The molecule has 3 N–H and O–H groups in total. The Balaban J connectivity index is 2.34. The molecule has 4 nitrogen and oxygen atoms in total. The van der Waals surface area contributed by atoms with Crippen LogP contribution in [0.2, 0.25) is 0 Å². The molecule has 0 atom stereocenters. The molecule has 1 aromatic rings. The van der Waals surface area contributed by atoms with Crippen molar-refractivity contribution >= 4 is 11.6 Å². The van der Waals surface area contributed by atoms with Crippen LogP contribution in [0.5, 0.6) is 0 Å². The van der Waals surface area contributed by atoms with Crippen LogP contribution in [0.4, 0.5) is 27.6 Å². The molecule has 1 aromatic carbocycles. The van der Waals surface area contributed by atoms with Gasteiger partial charge in [0.25, 0.3) is 0 Å². The van der Waals surface area contributed by atoms with Crippen molar-refractivity contribution in [3.8, 4) is 0 Å². The lowest BCUT2D eigenvalue weighted by atomic mass is 9.90. The van der Waals surface area contributed by atoms with Crippen molar-refractivity contribution in [3.05, 3.63) is 29.1 Å². The average molecular weight is 310 g/mol. The predicted molar refractivity (Wildman–Crippen MR) is 61.8 cm³/mol. The van der Waals surface area contributed by atoms with Gasteiger partial charge >= 0.3 is 0 Å². The second kappa shape index (κ2) is 5.57. The maximum absolute atomic E-state index is 13.5. The predicted octanol–water partition coefficient (Wildman–Crippen LogP) is 1.83. The van der Waals surface area contributed by atoms with E-state index in [1.807, 2.05) is 0 Å². The van der Waals surface area contributed by atoms with Crippen molar-refractivity contribution in [2.75, 3.05) is 18.5 Å². The first kappa shape index (κ1) is 15.6. The second-order valence-electron chi connectivity index (χ2n) is 4.67. The summed E-state index contributed by atoms with van der Waals surface area (Å²) in [4.78, 5) is 11.9. The van der Waals surface area contributed by atoms with E-state index in [9.17, 15) is 26.7 Å². The van der Waals surface area contributed by atoms with E-state index in [1.54, 1.807) is 5.32 Å². The Hall–Kier alpha value is -1.74.